The molecule has 1 aromatic rings. The molecule has 0 fully saturated rings. The van der Waals surface area contributed by atoms with Crippen molar-refractivity contribution in [2.75, 3.05) is 18.0 Å². The van der Waals surface area contributed by atoms with Gasteiger partial charge < -0.3 is 5.32 Å². The maximum atomic E-state index is 11.4. The van der Waals surface area contributed by atoms with Crippen LogP contribution in [0.4, 0.5) is 5.13 Å². The van der Waals surface area contributed by atoms with E-state index in [2.05, 4.69) is 16.9 Å². The molecule has 0 aliphatic rings. The van der Waals surface area contributed by atoms with Gasteiger partial charge in [0.15, 0.2) is 5.13 Å². The van der Waals surface area contributed by atoms with E-state index in [0.29, 0.717) is 6.54 Å². The van der Waals surface area contributed by atoms with Gasteiger partial charge in [0.05, 0.1) is 5.69 Å². The van der Waals surface area contributed by atoms with Gasteiger partial charge in [0.2, 0.25) is 5.91 Å². The van der Waals surface area contributed by atoms with E-state index in [-0.39, 0.29) is 5.91 Å². The zero-order valence-electron chi connectivity index (χ0n) is 11.1. The number of hydrogen-bond acceptors (Lipinski definition) is 4. The Balaban J connectivity index is 2.42. The van der Waals surface area contributed by atoms with Crippen molar-refractivity contribution >= 4 is 22.4 Å². The number of thiazole rings is 1. The Bertz CT molecular complexity index is 389. The van der Waals surface area contributed by atoms with Crippen LogP contribution < -0.4 is 10.2 Å². The lowest BCUT2D eigenvalue weighted by Crippen LogP contribution is -2.27. The van der Waals surface area contributed by atoms with Crippen LogP contribution in [-0.2, 0) is 11.3 Å². The minimum absolute atomic E-state index is 0.0392. The first-order chi connectivity index (χ1) is 8.69. The van der Waals surface area contributed by atoms with Gasteiger partial charge >= 0.3 is 0 Å². The summed E-state index contributed by atoms with van der Waals surface area (Å²) in [6.07, 6.45) is 4.05. The van der Waals surface area contributed by atoms with E-state index in [1.54, 1.807) is 11.8 Å². The summed E-state index contributed by atoms with van der Waals surface area (Å²) in [7, 11) is 0. The lowest BCUT2D eigenvalue weighted by atomic mass is 10.3. The number of nitrogens with zero attached hydrogens (tertiary/aromatic N) is 2. The molecule has 1 rings (SSSR count). The second kappa shape index (κ2) is 8.00. The molecule has 0 bridgehead atoms. The Kier molecular flexibility index (Phi) is 6.60. The first-order valence-corrected chi connectivity index (χ1v) is 7.11. The van der Waals surface area contributed by atoms with Gasteiger partial charge in [-0.2, -0.15) is 0 Å². The van der Waals surface area contributed by atoms with Gasteiger partial charge in [0.1, 0.15) is 0 Å². The van der Waals surface area contributed by atoms with Crippen molar-refractivity contribution < 1.29 is 4.79 Å². The third-order valence-corrected chi connectivity index (χ3v) is 3.45. The standard InChI is InChI=1S/C13H21N3OS/c1-4-6-7-8-14-9-12-10-18-13(15-12)16(5-2)11(3)17/h4,10,14H,1,5-9H2,2-3H3. The molecule has 0 unspecified atom stereocenters. The predicted molar refractivity (Wildman–Crippen MR) is 77.0 cm³/mol. The minimum atomic E-state index is 0.0392. The van der Waals surface area contributed by atoms with Crippen molar-refractivity contribution in [3.63, 3.8) is 0 Å². The Morgan fingerprint density at radius 2 is 2.44 bits per heavy atom. The van der Waals surface area contributed by atoms with E-state index in [0.717, 1.165) is 36.8 Å². The number of aromatic nitrogens is 1. The first-order valence-electron chi connectivity index (χ1n) is 6.23. The van der Waals surface area contributed by atoms with Crippen LogP contribution in [0.2, 0.25) is 0 Å². The monoisotopic (exact) mass is 267 g/mol. The molecule has 0 saturated heterocycles. The van der Waals surface area contributed by atoms with Crippen molar-refractivity contribution in [3.05, 3.63) is 23.7 Å². The number of carbonyl (C=O) groups excluding carboxylic acids is 1. The molecule has 0 radical (unpaired) electrons. The topological polar surface area (TPSA) is 45.2 Å². The molecule has 5 heteroatoms. The van der Waals surface area contributed by atoms with E-state index in [1.165, 1.54) is 11.3 Å². The van der Waals surface area contributed by atoms with E-state index in [1.807, 2.05) is 18.4 Å². The van der Waals surface area contributed by atoms with Crippen LogP contribution in [0.25, 0.3) is 0 Å². The third-order valence-electron chi connectivity index (χ3n) is 2.53. The normalized spacial score (nSPS) is 10.3. The van der Waals surface area contributed by atoms with Crippen LogP contribution in [-0.4, -0.2) is 24.0 Å². The fraction of sp³-hybridized carbons (Fsp3) is 0.538. The predicted octanol–water partition coefficient (Wildman–Crippen LogP) is 2.57. The average Bonchev–Trinajstić information content (AvgIpc) is 2.78. The fourth-order valence-corrected chi connectivity index (χ4v) is 2.51. The van der Waals surface area contributed by atoms with Crippen molar-refractivity contribution in [1.82, 2.24) is 10.3 Å². The number of rotatable bonds is 8. The Morgan fingerprint density at radius 3 is 3.06 bits per heavy atom. The van der Waals surface area contributed by atoms with Gasteiger partial charge in [-0.15, -0.1) is 17.9 Å². The number of hydrogen-bond donors (Lipinski definition) is 1. The number of allylic oxidation sites excluding steroid dienone is 1. The summed E-state index contributed by atoms with van der Waals surface area (Å²) in [5, 5.41) is 6.12. The highest BCUT2D eigenvalue weighted by Crippen LogP contribution is 2.20. The number of unbranched alkanes of at least 4 members (excludes halogenated alkanes) is 1. The molecule has 100 valence electrons. The maximum Gasteiger partial charge on any atom is 0.225 e. The van der Waals surface area contributed by atoms with Crippen LogP contribution in [0.3, 0.4) is 0 Å². The zero-order chi connectivity index (χ0) is 13.4. The summed E-state index contributed by atoms with van der Waals surface area (Å²) in [4.78, 5) is 17.5. The van der Waals surface area contributed by atoms with E-state index >= 15 is 0 Å². The molecule has 18 heavy (non-hydrogen) atoms. The van der Waals surface area contributed by atoms with Gasteiger partial charge in [-0.1, -0.05) is 6.08 Å². The van der Waals surface area contributed by atoms with Gasteiger partial charge in [0.25, 0.3) is 0 Å². The fourth-order valence-electron chi connectivity index (χ4n) is 1.58. The molecule has 1 amide bonds. The molecule has 0 saturated carbocycles. The minimum Gasteiger partial charge on any atom is -0.311 e. The molecule has 1 aromatic heterocycles. The SMILES string of the molecule is C=CCCCNCc1csc(N(CC)C(C)=O)n1. The van der Waals surface area contributed by atoms with E-state index in [4.69, 9.17) is 0 Å². The second-order valence-electron chi connectivity index (χ2n) is 3.99. The van der Waals surface area contributed by atoms with Gasteiger partial charge in [-0.3, -0.25) is 9.69 Å². The van der Waals surface area contributed by atoms with Crippen LogP contribution in [0.5, 0.6) is 0 Å². The van der Waals surface area contributed by atoms with Crippen molar-refractivity contribution in [3.8, 4) is 0 Å². The maximum absolute atomic E-state index is 11.4. The molecule has 1 heterocycles. The summed E-state index contributed by atoms with van der Waals surface area (Å²) in [5.41, 5.74) is 0.994. The summed E-state index contributed by atoms with van der Waals surface area (Å²) < 4.78 is 0. The quantitative estimate of drug-likeness (QED) is 0.581. The largest absolute Gasteiger partial charge is 0.311 e. The van der Waals surface area contributed by atoms with Crippen LogP contribution in [0.1, 0.15) is 32.4 Å². The highest BCUT2D eigenvalue weighted by molar-refractivity contribution is 7.14. The van der Waals surface area contributed by atoms with E-state index < -0.39 is 0 Å². The Labute approximate surface area is 113 Å². The highest BCUT2D eigenvalue weighted by Gasteiger charge is 2.12. The Hall–Kier alpha value is -1.20. The molecule has 0 aliphatic carbocycles. The molecule has 4 nitrogen and oxygen atoms in total. The molecule has 0 spiro atoms. The molecule has 0 atom stereocenters. The van der Waals surface area contributed by atoms with Crippen LogP contribution >= 0.6 is 11.3 Å². The van der Waals surface area contributed by atoms with Crippen LogP contribution in [0.15, 0.2) is 18.0 Å². The highest BCUT2D eigenvalue weighted by atomic mass is 32.1. The number of anilines is 1. The molecule has 0 aliphatic heterocycles. The smallest absolute Gasteiger partial charge is 0.225 e. The number of amides is 1. The average molecular weight is 267 g/mol. The van der Waals surface area contributed by atoms with Crippen molar-refractivity contribution in [1.29, 1.82) is 0 Å². The summed E-state index contributed by atoms with van der Waals surface area (Å²) in [6, 6.07) is 0. The lowest BCUT2D eigenvalue weighted by Gasteiger charge is -2.14. The van der Waals surface area contributed by atoms with Crippen molar-refractivity contribution in [2.45, 2.75) is 33.2 Å². The number of carbonyl (C=O) groups is 1. The molecule has 0 aromatic carbocycles. The van der Waals surface area contributed by atoms with Crippen LogP contribution in [0, 0.1) is 0 Å². The molecule has 1 N–H and O–H groups in total. The molecular formula is C13H21N3OS. The van der Waals surface area contributed by atoms with E-state index in [9.17, 15) is 4.79 Å². The molecular weight excluding hydrogens is 246 g/mol. The Morgan fingerprint density at radius 1 is 1.67 bits per heavy atom. The summed E-state index contributed by atoms with van der Waals surface area (Å²) >= 11 is 1.52. The van der Waals surface area contributed by atoms with Crippen molar-refractivity contribution in [2.24, 2.45) is 0 Å². The van der Waals surface area contributed by atoms with Gasteiger partial charge in [-0.25, -0.2) is 4.98 Å². The summed E-state index contributed by atoms with van der Waals surface area (Å²) in [5.74, 6) is 0.0392. The zero-order valence-corrected chi connectivity index (χ0v) is 11.9. The second-order valence-corrected chi connectivity index (χ2v) is 4.83. The first kappa shape index (κ1) is 14.9. The lowest BCUT2D eigenvalue weighted by molar-refractivity contribution is -0.116. The van der Waals surface area contributed by atoms with Gasteiger partial charge in [-0.05, 0) is 26.3 Å². The number of nitrogens with one attached hydrogen (secondary N) is 1. The summed E-state index contributed by atoms with van der Waals surface area (Å²) in [6.45, 7) is 9.59. The third kappa shape index (κ3) is 4.58. The van der Waals surface area contributed by atoms with Gasteiger partial charge in [0, 0.05) is 25.4 Å².